The van der Waals surface area contributed by atoms with Crippen molar-refractivity contribution in [1.82, 2.24) is 24.8 Å². The summed E-state index contributed by atoms with van der Waals surface area (Å²) in [4.78, 5) is 19.5. The molecule has 0 radical (unpaired) electrons. The fraction of sp³-hybridized carbons (Fsp3) is 0.263. The minimum atomic E-state index is 0.204. The third-order valence-corrected chi connectivity index (χ3v) is 4.97. The van der Waals surface area contributed by atoms with Gasteiger partial charge in [0.15, 0.2) is 5.16 Å². The fourth-order valence-corrected chi connectivity index (χ4v) is 3.16. The van der Waals surface area contributed by atoms with Crippen LogP contribution in [-0.4, -0.2) is 31.9 Å². The van der Waals surface area contributed by atoms with Crippen molar-refractivity contribution in [2.75, 3.05) is 7.05 Å². The van der Waals surface area contributed by atoms with Gasteiger partial charge in [-0.05, 0) is 25.6 Å². The Balaban J connectivity index is 1.55. The number of hydrogen-bond acceptors (Lipinski definition) is 6. The summed E-state index contributed by atoms with van der Waals surface area (Å²) in [5, 5.41) is 0.805. The van der Waals surface area contributed by atoms with E-state index in [9.17, 15) is 0 Å². The van der Waals surface area contributed by atoms with E-state index in [2.05, 4.69) is 63.1 Å². The second-order valence-corrected chi connectivity index (χ2v) is 6.82. The minimum absolute atomic E-state index is 0.204. The SMILES string of the molecule is C[C@@H](c1ccncn1)N(C)Cc1cnc(SCc2ccccc2)nc1. The molecule has 2 aromatic heterocycles. The molecule has 6 heteroatoms. The summed E-state index contributed by atoms with van der Waals surface area (Å²) in [5.74, 6) is 0.880. The third kappa shape index (κ3) is 5.08. The van der Waals surface area contributed by atoms with Gasteiger partial charge in [0.25, 0.3) is 0 Å². The number of aromatic nitrogens is 4. The van der Waals surface area contributed by atoms with Crippen molar-refractivity contribution in [2.24, 2.45) is 0 Å². The molecule has 1 atom stereocenters. The monoisotopic (exact) mass is 351 g/mol. The van der Waals surface area contributed by atoms with Crippen LogP contribution >= 0.6 is 11.8 Å². The molecule has 2 heterocycles. The highest BCUT2D eigenvalue weighted by atomic mass is 32.2. The Morgan fingerprint density at radius 1 is 1.00 bits per heavy atom. The van der Waals surface area contributed by atoms with Crippen molar-refractivity contribution in [3.8, 4) is 0 Å². The second kappa shape index (κ2) is 8.69. The Morgan fingerprint density at radius 2 is 1.76 bits per heavy atom. The molecule has 0 aliphatic rings. The number of nitrogens with zero attached hydrogens (tertiary/aromatic N) is 5. The number of thioether (sulfide) groups is 1. The Hall–Kier alpha value is -2.31. The van der Waals surface area contributed by atoms with E-state index in [4.69, 9.17) is 0 Å². The summed E-state index contributed by atoms with van der Waals surface area (Å²) in [6.45, 7) is 2.90. The quantitative estimate of drug-likeness (QED) is 0.477. The Morgan fingerprint density at radius 3 is 2.44 bits per heavy atom. The molecule has 25 heavy (non-hydrogen) atoms. The van der Waals surface area contributed by atoms with Crippen LogP contribution in [0, 0.1) is 0 Å². The van der Waals surface area contributed by atoms with Crippen molar-refractivity contribution < 1.29 is 0 Å². The zero-order valence-electron chi connectivity index (χ0n) is 14.4. The molecule has 0 N–H and O–H groups in total. The summed E-state index contributed by atoms with van der Waals surface area (Å²) < 4.78 is 0. The Bertz CT molecular complexity index is 765. The molecular weight excluding hydrogens is 330 g/mol. The fourth-order valence-electron chi connectivity index (χ4n) is 2.42. The van der Waals surface area contributed by atoms with Crippen LogP contribution in [0.4, 0.5) is 0 Å². The average molecular weight is 351 g/mol. The van der Waals surface area contributed by atoms with Crippen LogP contribution in [0.2, 0.25) is 0 Å². The van der Waals surface area contributed by atoms with Gasteiger partial charge < -0.3 is 0 Å². The van der Waals surface area contributed by atoms with Crippen molar-refractivity contribution in [3.05, 3.63) is 78.1 Å². The van der Waals surface area contributed by atoms with Gasteiger partial charge >= 0.3 is 0 Å². The van der Waals surface area contributed by atoms with E-state index in [1.807, 2.05) is 24.5 Å². The van der Waals surface area contributed by atoms with E-state index in [0.29, 0.717) is 0 Å². The summed E-state index contributed by atoms with van der Waals surface area (Å²) in [6.07, 6.45) is 7.17. The molecule has 0 fully saturated rings. The van der Waals surface area contributed by atoms with E-state index in [1.165, 1.54) is 5.56 Å². The molecule has 5 nitrogen and oxygen atoms in total. The Kier molecular flexibility index (Phi) is 6.09. The minimum Gasteiger partial charge on any atom is -0.294 e. The van der Waals surface area contributed by atoms with Gasteiger partial charge in [-0.3, -0.25) is 4.90 Å². The standard InChI is InChI=1S/C19H21N5S/c1-15(18-8-9-20-14-23-18)24(2)12-17-10-21-19(22-11-17)25-13-16-6-4-3-5-7-16/h3-11,14-15H,12-13H2,1-2H3/t15-/m0/s1. The lowest BCUT2D eigenvalue weighted by atomic mass is 10.2. The molecule has 1 aromatic carbocycles. The van der Waals surface area contributed by atoms with Crippen LogP contribution in [0.1, 0.15) is 29.8 Å². The molecule has 0 saturated heterocycles. The van der Waals surface area contributed by atoms with Gasteiger partial charge in [0.05, 0.1) is 5.69 Å². The molecule has 0 spiro atoms. The molecule has 128 valence electrons. The van der Waals surface area contributed by atoms with Crippen molar-refractivity contribution >= 4 is 11.8 Å². The second-order valence-electron chi connectivity index (χ2n) is 5.87. The van der Waals surface area contributed by atoms with Gasteiger partial charge in [-0.25, -0.2) is 19.9 Å². The van der Waals surface area contributed by atoms with Gasteiger partial charge in [-0.2, -0.15) is 0 Å². The van der Waals surface area contributed by atoms with Crippen LogP contribution in [0.15, 0.2) is 66.5 Å². The first kappa shape index (κ1) is 17.5. The first-order valence-corrected chi connectivity index (χ1v) is 9.15. The molecule has 3 aromatic rings. The first-order chi connectivity index (χ1) is 12.2. The van der Waals surface area contributed by atoms with E-state index in [1.54, 1.807) is 24.3 Å². The molecule has 0 bridgehead atoms. The van der Waals surface area contributed by atoms with Gasteiger partial charge in [0.2, 0.25) is 0 Å². The largest absolute Gasteiger partial charge is 0.294 e. The molecule has 0 saturated carbocycles. The van der Waals surface area contributed by atoms with Crippen molar-refractivity contribution in [1.29, 1.82) is 0 Å². The van der Waals surface area contributed by atoms with Gasteiger partial charge in [-0.15, -0.1) is 0 Å². The molecule has 0 unspecified atom stereocenters. The van der Waals surface area contributed by atoms with Crippen LogP contribution < -0.4 is 0 Å². The smallest absolute Gasteiger partial charge is 0.187 e. The highest BCUT2D eigenvalue weighted by molar-refractivity contribution is 7.98. The Labute approximate surface area is 152 Å². The van der Waals surface area contributed by atoms with Gasteiger partial charge in [0, 0.05) is 42.5 Å². The molecular formula is C19H21N5S. The zero-order chi connectivity index (χ0) is 17.5. The first-order valence-electron chi connectivity index (χ1n) is 8.16. The van der Waals surface area contributed by atoms with Crippen LogP contribution in [0.5, 0.6) is 0 Å². The van der Waals surface area contributed by atoms with E-state index < -0.39 is 0 Å². The number of hydrogen-bond donors (Lipinski definition) is 0. The number of rotatable bonds is 7. The predicted octanol–water partition coefficient (Wildman–Crippen LogP) is 3.75. The molecule has 0 aliphatic heterocycles. The molecule has 3 rings (SSSR count). The van der Waals surface area contributed by atoms with Crippen LogP contribution in [-0.2, 0) is 12.3 Å². The van der Waals surface area contributed by atoms with Gasteiger partial charge in [0.1, 0.15) is 6.33 Å². The maximum Gasteiger partial charge on any atom is 0.187 e. The van der Waals surface area contributed by atoms with E-state index in [0.717, 1.165) is 28.7 Å². The predicted molar refractivity (Wildman–Crippen MR) is 99.9 cm³/mol. The maximum absolute atomic E-state index is 4.48. The summed E-state index contributed by atoms with van der Waals surface area (Å²) in [7, 11) is 2.07. The lowest BCUT2D eigenvalue weighted by molar-refractivity contribution is 0.247. The average Bonchev–Trinajstić information content (AvgIpc) is 2.68. The van der Waals surface area contributed by atoms with E-state index in [-0.39, 0.29) is 6.04 Å². The van der Waals surface area contributed by atoms with Crippen LogP contribution in [0.3, 0.4) is 0 Å². The molecule has 0 aliphatic carbocycles. The third-order valence-electron chi connectivity index (χ3n) is 4.02. The maximum atomic E-state index is 4.48. The van der Waals surface area contributed by atoms with Crippen molar-refractivity contribution in [2.45, 2.75) is 30.4 Å². The lowest BCUT2D eigenvalue weighted by Gasteiger charge is -2.23. The topological polar surface area (TPSA) is 54.8 Å². The number of benzene rings is 1. The van der Waals surface area contributed by atoms with Gasteiger partial charge in [-0.1, -0.05) is 42.1 Å². The summed E-state index contributed by atoms with van der Waals surface area (Å²) in [6, 6.07) is 12.5. The van der Waals surface area contributed by atoms with Crippen LogP contribution in [0.25, 0.3) is 0 Å². The summed E-state index contributed by atoms with van der Waals surface area (Å²) >= 11 is 1.65. The normalized spacial score (nSPS) is 12.3. The van der Waals surface area contributed by atoms with E-state index >= 15 is 0 Å². The van der Waals surface area contributed by atoms with Crippen molar-refractivity contribution in [3.63, 3.8) is 0 Å². The summed E-state index contributed by atoms with van der Waals surface area (Å²) in [5.41, 5.74) is 3.37. The zero-order valence-corrected chi connectivity index (χ0v) is 15.2. The molecule has 0 amide bonds. The highest BCUT2D eigenvalue weighted by Gasteiger charge is 2.13. The lowest BCUT2D eigenvalue weighted by Crippen LogP contribution is -2.22. The highest BCUT2D eigenvalue weighted by Crippen LogP contribution is 2.20.